The van der Waals surface area contributed by atoms with Crippen LogP contribution >= 0.6 is 11.8 Å². The van der Waals surface area contributed by atoms with Gasteiger partial charge in [0, 0.05) is 41.9 Å². The molecule has 1 aromatic rings. The van der Waals surface area contributed by atoms with Crippen LogP contribution < -0.4 is 9.64 Å². The third-order valence-corrected chi connectivity index (χ3v) is 4.00. The average Bonchev–Trinajstić information content (AvgIpc) is 2.64. The predicted octanol–water partition coefficient (Wildman–Crippen LogP) is 1.95. The van der Waals surface area contributed by atoms with E-state index in [4.69, 9.17) is 9.47 Å². The number of ether oxygens (including phenoxy) is 2. The Hall–Kier alpha value is -0.870. The highest BCUT2D eigenvalue weighted by molar-refractivity contribution is 7.98. The van der Waals surface area contributed by atoms with Crippen molar-refractivity contribution in [3.63, 3.8) is 0 Å². The molecule has 1 radical (unpaired) electrons. The minimum absolute atomic E-state index is 0.808. The molecule has 0 unspecified atom stereocenters. The molecule has 2 aliphatic rings. The Labute approximate surface area is 106 Å². The first-order valence-corrected chi connectivity index (χ1v) is 7.17. The van der Waals surface area contributed by atoms with Crippen molar-refractivity contribution >= 4 is 17.4 Å². The predicted molar refractivity (Wildman–Crippen MR) is 70.0 cm³/mol. The SMILES string of the molecule is [c]1c(N2CCOCC2)ccc2c1CSCCO2. The molecule has 0 atom stereocenters. The summed E-state index contributed by atoms with van der Waals surface area (Å²) in [5.74, 6) is 3.08. The fourth-order valence-electron chi connectivity index (χ4n) is 2.13. The van der Waals surface area contributed by atoms with E-state index in [9.17, 15) is 0 Å². The van der Waals surface area contributed by atoms with E-state index in [-0.39, 0.29) is 0 Å². The van der Waals surface area contributed by atoms with Crippen LogP contribution in [-0.4, -0.2) is 38.7 Å². The summed E-state index contributed by atoms with van der Waals surface area (Å²) in [6.45, 7) is 4.36. The monoisotopic (exact) mass is 250 g/mol. The molecular weight excluding hydrogens is 234 g/mol. The van der Waals surface area contributed by atoms with Crippen molar-refractivity contribution in [3.05, 3.63) is 23.8 Å². The highest BCUT2D eigenvalue weighted by Gasteiger charge is 2.15. The Morgan fingerprint density at radius 3 is 2.94 bits per heavy atom. The summed E-state index contributed by atoms with van der Waals surface area (Å²) in [6, 6.07) is 7.70. The zero-order chi connectivity index (χ0) is 11.5. The van der Waals surface area contributed by atoms with E-state index in [1.165, 1.54) is 11.3 Å². The summed E-state index contributed by atoms with van der Waals surface area (Å²) in [5.41, 5.74) is 2.38. The molecule has 0 aromatic heterocycles. The van der Waals surface area contributed by atoms with Gasteiger partial charge in [0.1, 0.15) is 5.75 Å². The number of morpholine rings is 1. The molecule has 17 heavy (non-hydrogen) atoms. The lowest BCUT2D eigenvalue weighted by molar-refractivity contribution is 0.122. The van der Waals surface area contributed by atoms with Crippen molar-refractivity contribution in [1.82, 2.24) is 0 Å². The molecule has 91 valence electrons. The Balaban J connectivity index is 1.83. The summed E-state index contributed by atoms with van der Waals surface area (Å²) in [5, 5.41) is 0. The van der Waals surface area contributed by atoms with Crippen molar-refractivity contribution in [2.24, 2.45) is 0 Å². The first kappa shape index (κ1) is 11.2. The number of thioether (sulfide) groups is 1. The van der Waals surface area contributed by atoms with Crippen molar-refractivity contribution in [2.45, 2.75) is 5.75 Å². The molecule has 3 nitrogen and oxygen atoms in total. The van der Waals surface area contributed by atoms with Crippen LogP contribution in [-0.2, 0) is 10.5 Å². The maximum absolute atomic E-state index is 5.70. The fourth-order valence-corrected chi connectivity index (χ4v) is 2.89. The molecule has 4 heteroatoms. The molecule has 0 saturated carbocycles. The van der Waals surface area contributed by atoms with E-state index < -0.39 is 0 Å². The van der Waals surface area contributed by atoms with E-state index in [2.05, 4.69) is 23.1 Å². The Kier molecular flexibility index (Phi) is 3.43. The van der Waals surface area contributed by atoms with Crippen molar-refractivity contribution in [2.75, 3.05) is 43.6 Å². The first-order chi connectivity index (χ1) is 8.43. The van der Waals surface area contributed by atoms with Crippen molar-refractivity contribution in [1.29, 1.82) is 0 Å². The fraction of sp³-hybridized carbons (Fsp3) is 0.538. The van der Waals surface area contributed by atoms with Crippen molar-refractivity contribution in [3.8, 4) is 5.75 Å². The van der Waals surface area contributed by atoms with Crippen LogP contribution in [0, 0.1) is 6.07 Å². The maximum Gasteiger partial charge on any atom is 0.124 e. The topological polar surface area (TPSA) is 21.7 Å². The van der Waals surface area contributed by atoms with Gasteiger partial charge in [-0.3, -0.25) is 0 Å². The quantitative estimate of drug-likeness (QED) is 0.759. The van der Waals surface area contributed by atoms with Gasteiger partial charge in [0.25, 0.3) is 0 Å². The lowest BCUT2D eigenvalue weighted by Gasteiger charge is -2.29. The zero-order valence-electron chi connectivity index (χ0n) is 9.78. The van der Waals surface area contributed by atoms with E-state index in [1.54, 1.807) is 0 Å². The van der Waals surface area contributed by atoms with Gasteiger partial charge in [-0.1, -0.05) is 0 Å². The summed E-state index contributed by atoms with van der Waals surface area (Å²) in [4.78, 5) is 2.33. The Morgan fingerprint density at radius 1 is 1.18 bits per heavy atom. The van der Waals surface area contributed by atoms with Crippen LogP contribution in [0.25, 0.3) is 0 Å². The highest BCUT2D eigenvalue weighted by Crippen LogP contribution is 2.30. The maximum atomic E-state index is 5.70. The van der Waals surface area contributed by atoms with E-state index in [0.29, 0.717) is 0 Å². The van der Waals surface area contributed by atoms with Crippen LogP contribution in [0.5, 0.6) is 5.75 Å². The smallest absolute Gasteiger partial charge is 0.124 e. The van der Waals surface area contributed by atoms with Crippen LogP contribution in [0.1, 0.15) is 5.56 Å². The number of fused-ring (bicyclic) bond motifs is 1. The van der Waals surface area contributed by atoms with Crippen LogP contribution in [0.4, 0.5) is 5.69 Å². The van der Waals surface area contributed by atoms with Crippen LogP contribution in [0.15, 0.2) is 12.1 Å². The second kappa shape index (κ2) is 5.19. The molecular formula is C13H16NO2S. The van der Waals surface area contributed by atoms with Gasteiger partial charge >= 0.3 is 0 Å². The summed E-state index contributed by atoms with van der Waals surface area (Å²) < 4.78 is 11.1. The largest absolute Gasteiger partial charge is 0.492 e. The molecule has 0 amide bonds. The minimum Gasteiger partial charge on any atom is -0.492 e. The second-order valence-corrected chi connectivity index (χ2v) is 5.29. The third kappa shape index (κ3) is 2.53. The summed E-state index contributed by atoms with van der Waals surface area (Å²) in [6.07, 6.45) is 0. The van der Waals surface area contributed by atoms with Gasteiger partial charge in [-0.25, -0.2) is 0 Å². The molecule has 1 aromatic carbocycles. The molecule has 3 rings (SSSR count). The van der Waals surface area contributed by atoms with Gasteiger partial charge in [0.2, 0.25) is 0 Å². The summed E-state index contributed by atoms with van der Waals surface area (Å²) in [7, 11) is 0. The number of hydrogen-bond donors (Lipinski definition) is 0. The van der Waals surface area contributed by atoms with E-state index >= 15 is 0 Å². The highest BCUT2D eigenvalue weighted by atomic mass is 32.2. The van der Waals surface area contributed by atoms with Gasteiger partial charge in [-0.05, 0) is 12.1 Å². The Bertz CT molecular complexity index is 391. The molecule has 1 saturated heterocycles. The van der Waals surface area contributed by atoms with Gasteiger partial charge in [-0.2, -0.15) is 11.8 Å². The average molecular weight is 250 g/mol. The number of hydrogen-bond acceptors (Lipinski definition) is 4. The lowest BCUT2D eigenvalue weighted by atomic mass is 10.1. The molecule has 1 fully saturated rings. The minimum atomic E-state index is 0.808. The van der Waals surface area contributed by atoms with Crippen LogP contribution in [0.3, 0.4) is 0 Å². The molecule has 2 aliphatic heterocycles. The number of anilines is 1. The second-order valence-electron chi connectivity index (χ2n) is 4.19. The number of nitrogens with zero attached hydrogens (tertiary/aromatic N) is 1. The van der Waals surface area contributed by atoms with Crippen LogP contribution in [0.2, 0.25) is 0 Å². The number of benzene rings is 1. The molecule has 0 spiro atoms. The van der Waals surface area contributed by atoms with Gasteiger partial charge < -0.3 is 14.4 Å². The van der Waals surface area contributed by atoms with E-state index in [1.807, 2.05) is 11.8 Å². The lowest BCUT2D eigenvalue weighted by Crippen LogP contribution is -2.36. The van der Waals surface area contributed by atoms with Gasteiger partial charge in [0.15, 0.2) is 0 Å². The Morgan fingerprint density at radius 2 is 2.06 bits per heavy atom. The zero-order valence-corrected chi connectivity index (χ0v) is 10.6. The van der Waals surface area contributed by atoms with E-state index in [0.717, 1.165) is 50.2 Å². The van der Waals surface area contributed by atoms with Crippen molar-refractivity contribution < 1.29 is 9.47 Å². The third-order valence-electron chi connectivity index (χ3n) is 3.05. The molecule has 2 heterocycles. The summed E-state index contributed by atoms with van der Waals surface area (Å²) >= 11 is 1.91. The normalized spacial score (nSPS) is 20.4. The number of rotatable bonds is 1. The molecule has 0 bridgehead atoms. The molecule has 0 aliphatic carbocycles. The first-order valence-electron chi connectivity index (χ1n) is 6.02. The van der Waals surface area contributed by atoms with Gasteiger partial charge in [0.05, 0.1) is 19.8 Å². The molecule has 0 N–H and O–H groups in total. The van der Waals surface area contributed by atoms with Gasteiger partial charge in [-0.15, -0.1) is 0 Å². The standard InChI is InChI=1S/C13H16NO2S/c1-2-13-11(10-17-8-7-16-13)9-12(1)14-3-5-15-6-4-14/h1-2H,3-8,10H2.